The summed E-state index contributed by atoms with van der Waals surface area (Å²) in [6.45, 7) is 3.75. The Morgan fingerprint density at radius 2 is 1.83 bits per heavy atom. The molecule has 1 fully saturated rings. The number of fused-ring (bicyclic) bond motifs is 1. The first-order chi connectivity index (χ1) is 13.9. The highest BCUT2D eigenvalue weighted by atomic mass is 79.9. The molecule has 0 bridgehead atoms. The van der Waals surface area contributed by atoms with Crippen molar-refractivity contribution in [1.82, 2.24) is 0 Å². The summed E-state index contributed by atoms with van der Waals surface area (Å²) < 4.78 is 5.93. The van der Waals surface area contributed by atoms with E-state index in [0.717, 1.165) is 14.9 Å². The van der Waals surface area contributed by atoms with Gasteiger partial charge in [-0.05, 0) is 55.8 Å². The number of hydrogen-bond donors (Lipinski definition) is 0. The third-order valence-corrected chi connectivity index (χ3v) is 5.41. The van der Waals surface area contributed by atoms with Gasteiger partial charge >= 0.3 is 5.97 Å². The van der Waals surface area contributed by atoms with Gasteiger partial charge in [0.15, 0.2) is 5.71 Å². The van der Waals surface area contributed by atoms with Crippen LogP contribution in [0.15, 0.2) is 58.1 Å². The lowest BCUT2D eigenvalue weighted by atomic mass is 9.97. The van der Waals surface area contributed by atoms with Gasteiger partial charge in [-0.25, -0.2) is 9.69 Å². The van der Waals surface area contributed by atoms with E-state index in [2.05, 4.69) is 21.0 Å². The van der Waals surface area contributed by atoms with Gasteiger partial charge in [-0.3, -0.25) is 14.6 Å². The molecule has 148 valence electrons. The average Bonchev–Trinajstić information content (AvgIpc) is 3.21. The van der Waals surface area contributed by atoms with Gasteiger partial charge in [0, 0.05) is 4.47 Å². The monoisotopic (exact) mass is 455 g/mol. The van der Waals surface area contributed by atoms with Gasteiger partial charge in [-0.1, -0.05) is 28.1 Å². The largest absolute Gasteiger partial charge is 0.461 e. The van der Waals surface area contributed by atoms with Gasteiger partial charge in [0.1, 0.15) is 12.0 Å². The first-order valence-electron chi connectivity index (χ1n) is 9.17. The number of esters is 1. The number of hydrazone groups is 1. The standard InChI is InChI=1S/C21H18BrN3O4/c1-3-29-21(28)17-16-18(25(23-17)15-6-4-5-12(2)11-15)20(27)24(19(16)26)14-9-7-13(22)8-10-14/h4-11,16,18H,3H2,1-2H3/t16-,18-/m0/s1. The third-order valence-electron chi connectivity index (χ3n) is 4.88. The molecule has 1 saturated heterocycles. The molecule has 2 aliphatic rings. The number of ether oxygens (including phenoxy) is 1. The summed E-state index contributed by atoms with van der Waals surface area (Å²) in [6, 6.07) is 13.3. The van der Waals surface area contributed by atoms with Crippen LogP contribution in [0.25, 0.3) is 0 Å². The van der Waals surface area contributed by atoms with Crippen LogP contribution >= 0.6 is 15.9 Å². The van der Waals surface area contributed by atoms with Crippen LogP contribution in [0, 0.1) is 12.8 Å². The van der Waals surface area contributed by atoms with Crippen LogP contribution in [0.3, 0.4) is 0 Å². The lowest BCUT2D eigenvalue weighted by molar-refractivity contribution is -0.136. The molecular weight excluding hydrogens is 438 g/mol. The molecule has 29 heavy (non-hydrogen) atoms. The fourth-order valence-corrected chi connectivity index (χ4v) is 3.88. The molecule has 7 nitrogen and oxygen atoms in total. The zero-order valence-corrected chi connectivity index (χ0v) is 17.4. The maximum Gasteiger partial charge on any atom is 0.355 e. The number of aryl methyl sites for hydroxylation is 1. The second-order valence-electron chi connectivity index (χ2n) is 6.80. The number of hydrogen-bond acceptors (Lipinski definition) is 6. The smallest absolute Gasteiger partial charge is 0.355 e. The van der Waals surface area contributed by atoms with E-state index in [-0.39, 0.29) is 12.3 Å². The van der Waals surface area contributed by atoms with Gasteiger partial charge < -0.3 is 4.74 Å². The summed E-state index contributed by atoms with van der Waals surface area (Å²) in [5, 5.41) is 5.81. The first kappa shape index (κ1) is 19.3. The van der Waals surface area contributed by atoms with Crippen LogP contribution in [0.1, 0.15) is 12.5 Å². The molecule has 2 amide bonds. The number of amides is 2. The van der Waals surface area contributed by atoms with Gasteiger partial charge in [0.2, 0.25) is 5.91 Å². The van der Waals surface area contributed by atoms with Crippen molar-refractivity contribution < 1.29 is 19.1 Å². The Kier molecular flexibility index (Phi) is 4.96. The minimum absolute atomic E-state index is 0.0451. The van der Waals surface area contributed by atoms with Crippen molar-refractivity contribution in [2.45, 2.75) is 19.9 Å². The minimum Gasteiger partial charge on any atom is -0.461 e. The van der Waals surface area contributed by atoms with Crippen molar-refractivity contribution in [3.05, 3.63) is 58.6 Å². The van der Waals surface area contributed by atoms with Crippen LogP contribution < -0.4 is 9.91 Å². The Morgan fingerprint density at radius 3 is 2.48 bits per heavy atom. The highest BCUT2D eigenvalue weighted by Gasteiger charge is 2.59. The van der Waals surface area contributed by atoms with Gasteiger partial charge in [-0.2, -0.15) is 5.10 Å². The van der Waals surface area contributed by atoms with E-state index in [4.69, 9.17) is 4.74 Å². The summed E-state index contributed by atoms with van der Waals surface area (Å²) in [5.41, 5.74) is 2.01. The van der Waals surface area contributed by atoms with E-state index < -0.39 is 29.7 Å². The van der Waals surface area contributed by atoms with Gasteiger partial charge in [0.05, 0.1) is 18.0 Å². The Morgan fingerprint density at radius 1 is 1.10 bits per heavy atom. The lowest BCUT2D eigenvalue weighted by Crippen LogP contribution is -2.39. The Labute approximate surface area is 176 Å². The van der Waals surface area contributed by atoms with Gasteiger partial charge in [-0.15, -0.1) is 0 Å². The molecular formula is C21H18BrN3O4. The van der Waals surface area contributed by atoms with Crippen molar-refractivity contribution in [2.24, 2.45) is 11.0 Å². The quantitative estimate of drug-likeness (QED) is 0.522. The molecule has 4 rings (SSSR count). The molecule has 0 N–H and O–H groups in total. The van der Waals surface area contributed by atoms with Crippen molar-refractivity contribution in [1.29, 1.82) is 0 Å². The maximum atomic E-state index is 13.3. The SMILES string of the molecule is CCOC(=O)C1=NN(c2cccc(C)c2)[C@@H]2C(=O)N(c3ccc(Br)cc3)C(=O)[C@@H]12. The highest BCUT2D eigenvalue weighted by Crippen LogP contribution is 2.38. The summed E-state index contributed by atoms with van der Waals surface area (Å²) >= 11 is 3.35. The number of carbonyl (C=O) groups is 3. The predicted octanol–water partition coefficient (Wildman–Crippen LogP) is 3.05. The van der Waals surface area contributed by atoms with Crippen molar-refractivity contribution in [2.75, 3.05) is 16.5 Å². The molecule has 0 unspecified atom stereocenters. The van der Waals surface area contributed by atoms with Gasteiger partial charge in [0.25, 0.3) is 5.91 Å². The molecule has 8 heteroatoms. The molecule has 0 radical (unpaired) electrons. The molecule has 2 heterocycles. The zero-order chi connectivity index (χ0) is 20.7. The second-order valence-corrected chi connectivity index (χ2v) is 7.72. The fourth-order valence-electron chi connectivity index (χ4n) is 3.62. The van der Waals surface area contributed by atoms with E-state index in [1.807, 2.05) is 25.1 Å². The second kappa shape index (κ2) is 7.44. The van der Waals surface area contributed by atoms with Crippen molar-refractivity contribution >= 4 is 50.8 Å². The zero-order valence-electron chi connectivity index (χ0n) is 15.8. The summed E-state index contributed by atoms with van der Waals surface area (Å²) in [7, 11) is 0. The fraction of sp³-hybridized carbons (Fsp3) is 0.238. The normalized spacial score (nSPS) is 20.7. The highest BCUT2D eigenvalue weighted by molar-refractivity contribution is 9.10. The van der Waals surface area contributed by atoms with E-state index in [1.165, 1.54) is 5.01 Å². The average molecular weight is 456 g/mol. The van der Waals surface area contributed by atoms with Crippen LogP contribution in [0.2, 0.25) is 0 Å². The summed E-state index contributed by atoms with van der Waals surface area (Å²) in [4.78, 5) is 40.2. The topological polar surface area (TPSA) is 79.3 Å². The molecule has 0 saturated carbocycles. The molecule has 0 aromatic heterocycles. The lowest BCUT2D eigenvalue weighted by Gasteiger charge is -2.22. The summed E-state index contributed by atoms with van der Waals surface area (Å²) in [5.74, 6) is -2.60. The van der Waals surface area contributed by atoms with Crippen molar-refractivity contribution in [3.8, 4) is 0 Å². The Bertz CT molecular complexity index is 1030. The van der Waals surface area contributed by atoms with Crippen LogP contribution in [-0.2, 0) is 19.1 Å². The Balaban J connectivity index is 1.79. The van der Waals surface area contributed by atoms with Crippen LogP contribution in [-0.4, -0.2) is 36.1 Å². The van der Waals surface area contributed by atoms with Crippen LogP contribution in [0.5, 0.6) is 0 Å². The minimum atomic E-state index is -1.01. The molecule has 2 aromatic carbocycles. The molecule has 0 aliphatic carbocycles. The molecule has 2 aliphatic heterocycles. The number of imide groups is 1. The Hall–Kier alpha value is -3.00. The maximum absolute atomic E-state index is 13.3. The number of benzene rings is 2. The molecule has 2 atom stereocenters. The van der Waals surface area contributed by atoms with Crippen molar-refractivity contribution in [3.63, 3.8) is 0 Å². The van der Waals surface area contributed by atoms with E-state index in [1.54, 1.807) is 37.3 Å². The number of nitrogens with zero attached hydrogens (tertiary/aromatic N) is 3. The summed E-state index contributed by atoms with van der Waals surface area (Å²) in [6.07, 6.45) is 0. The number of carbonyl (C=O) groups excluding carboxylic acids is 3. The van der Waals surface area contributed by atoms with Crippen LogP contribution in [0.4, 0.5) is 11.4 Å². The van der Waals surface area contributed by atoms with E-state index in [9.17, 15) is 14.4 Å². The first-order valence-corrected chi connectivity index (χ1v) is 9.96. The third kappa shape index (κ3) is 3.23. The van der Waals surface area contributed by atoms with E-state index in [0.29, 0.717) is 11.4 Å². The predicted molar refractivity (Wildman–Crippen MR) is 112 cm³/mol. The van der Waals surface area contributed by atoms with E-state index >= 15 is 0 Å². The number of rotatable bonds is 4. The number of anilines is 2. The molecule has 0 spiro atoms. The number of halogens is 1. The molecule has 2 aromatic rings.